The third kappa shape index (κ3) is 1.98. The lowest BCUT2D eigenvalue weighted by molar-refractivity contribution is 0.193. The lowest BCUT2D eigenvalue weighted by Gasteiger charge is -2.06. The van der Waals surface area contributed by atoms with Crippen LogP contribution in [0.3, 0.4) is 0 Å². The van der Waals surface area contributed by atoms with Crippen LogP contribution in [0.1, 0.15) is 18.2 Å². The number of nitrogens with one attached hydrogen (secondary N) is 1. The number of ether oxygens (including phenoxy) is 1. The van der Waals surface area contributed by atoms with Crippen molar-refractivity contribution in [3.05, 3.63) is 21.1 Å². The van der Waals surface area contributed by atoms with E-state index >= 15 is 0 Å². The van der Waals surface area contributed by atoms with Crippen molar-refractivity contribution in [1.29, 1.82) is 0 Å². The van der Waals surface area contributed by atoms with Crippen LogP contribution in [-0.4, -0.2) is 23.2 Å². The second-order valence-corrected chi connectivity index (χ2v) is 4.27. The first kappa shape index (κ1) is 9.30. The molecule has 1 aliphatic rings. The van der Waals surface area contributed by atoms with Gasteiger partial charge in [0.25, 0.3) is 0 Å². The van der Waals surface area contributed by atoms with E-state index in [1.165, 1.54) is 0 Å². The van der Waals surface area contributed by atoms with Crippen LogP contribution in [0.25, 0.3) is 0 Å². The van der Waals surface area contributed by atoms with Crippen molar-refractivity contribution in [2.24, 2.45) is 0 Å². The molecule has 1 aromatic heterocycles. The minimum atomic E-state index is 0.384. The Morgan fingerprint density at radius 1 is 1.69 bits per heavy atom. The molecule has 3 nitrogen and oxygen atoms in total. The molecule has 70 valence electrons. The summed E-state index contributed by atoms with van der Waals surface area (Å²) in [4.78, 5) is 7.37. The average molecular weight is 261 g/mol. The van der Waals surface area contributed by atoms with Crippen LogP contribution in [0.15, 0.2) is 10.7 Å². The highest BCUT2D eigenvalue weighted by atomic mass is 79.9. The second-order valence-electron chi connectivity index (χ2n) is 3.01. The van der Waals surface area contributed by atoms with Crippen molar-refractivity contribution in [2.45, 2.75) is 12.3 Å². The normalized spacial score (nSPS) is 22.1. The van der Waals surface area contributed by atoms with Gasteiger partial charge in [-0.2, -0.15) is 0 Å². The van der Waals surface area contributed by atoms with E-state index in [2.05, 4.69) is 25.9 Å². The van der Waals surface area contributed by atoms with E-state index in [1.54, 1.807) is 6.20 Å². The molecule has 1 aliphatic heterocycles. The fourth-order valence-corrected chi connectivity index (χ4v) is 1.71. The fourth-order valence-electron chi connectivity index (χ4n) is 1.35. The summed E-state index contributed by atoms with van der Waals surface area (Å²) in [6, 6.07) is 0. The van der Waals surface area contributed by atoms with Gasteiger partial charge in [-0.3, -0.25) is 0 Å². The van der Waals surface area contributed by atoms with Crippen LogP contribution in [0.2, 0.25) is 0 Å². The number of hydrogen-bond acceptors (Lipinski definition) is 3. The summed E-state index contributed by atoms with van der Waals surface area (Å²) >= 11 is 8.40. The number of rotatable bonds is 1. The second kappa shape index (κ2) is 3.86. The molecule has 1 saturated heterocycles. The van der Waals surface area contributed by atoms with Gasteiger partial charge in [-0.1, -0.05) is 12.2 Å². The first-order valence-corrected chi connectivity index (χ1v) is 5.30. The first-order chi connectivity index (χ1) is 6.27. The van der Waals surface area contributed by atoms with Gasteiger partial charge in [0.05, 0.1) is 11.1 Å². The quantitative estimate of drug-likeness (QED) is 0.789. The molecule has 1 atom stereocenters. The SMILES string of the molecule is S=c1[nH]c(C2CCOC2)ncc1Br. The van der Waals surface area contributed by atoms with Gasteiger partial charge in [0.2, 0.25) is 0 Å². The third-order valence-corrected chi connectivity index (χ3v) is 3.28. The number of H-pyrrole nitrogens is 1. The van der Waals surface area contributed by atoms with Gasteiger partial charge in [0, 0.05) is 18.7 Å². The van der Waals surface area contributed by atoms with E-state index in [-0.39, 0.29) is 0 Å². The lowest BCUT2D eigenvalue weighted by Crippen LogP contribution is -2.03. The van der Waals surface area contributed by atoms with Gasteiger partial charge in [-0.05, 0) is 22.4 Å². The summed E-state index contributed by atoms with van der Waals surface area (Å²) in [5.41, 5.74) is 0. The molecule has 0 aromatic carbocycles. The average Bonchev–Trinajstić information content (AvgIpc) is 2.62. The third-order valence-electron chi connectivity index (χ3n) is 2.09. The van der Waals surface area contributed by atoms with Crippen molar-refractivity contribution >= 4 is 28.1 Å². The molecule has 1 aromatic rings. The van der Waals surface area contributed by atoms with E-state index < -0.39 is 0 Å². The molecule has 0 aliphatic carbocycles. The van der Waals surface area contributed by atoms with Crippen molar-refractivity contribution < 1.29 is 4.74 Å². The van der Waals surface area contributed by atoms with Gasteiger partial charge in [-0.15, -0.1) is 0 Å². The summed E-state index contributed by atoms with van der Waals surface area (Å²) in [6.07, 6.45) is 2.77. The predicted molar refractivity (Wildman–Crippen MR) is 55.3 cm³/mol. The number of aromatic amines is 1. The molecule has 1 unspecified atom stereocenters. The highest BCUT2D eigenvalue weighted by molar-refractivity contribution is 9.10. The summed E-state index contributed by atoms with van der Waals surface area (Å²) in [6.45, 7) is 1.57. The summed E-state index contributed by atoms with van der Waals surface area (Å²) in [7, 11) is 0. The molecule has 1 fully saturated rings. The maximum absolute atomic E-state index is 5.28. The lowest BCUT2D eigenvalue weighted by atomic mass is 10.1. The summed E-state index contributed by atoms with van der Waals surface area (Å²) in [5.74, 6) is 1.32. The summed E-state index contributed by atoms with van der Waals surface area (Å²) in [5, 5.41) is 0. The van der Waals surface area contributed by atoms with Gasteiger partial charge in [0.15, 0.2) is 0 Å². The van der Waals surface area contributed by atoms with Crippen LogP contribution < -0.4 is 0 Å². The largest absolute Gasteiger partial charge is 0.381 e. The van der Waals surface area contributed by atoms with Crippen molar-refractivity contribution in [1.82, 2.24) is 9.97 Å². The molecule has 5 heteroatoms. The molecule has 2 rings (SSSR count). The van der Waals surface area contributed by atoms with E-state index in [0.717, 1.165) is 29.9 Å². The van der Waals surface area contributed by atoms with Crippen LogP contribution in [0.4, 0.5) is 0 Å². The Kier molecular flexibility index (Phi) is 2.76. The highest BCUT2D eigenvalue weighted by Crippen LogP contribution is 2.22. The highest BCUT2D eigenvalue weighted by Gasteiger charge is 2.19. The molecule has 1 N–H and O–H groups in total. The van der Waals surface area contributed by atoms with E-state index in [9.17, 15) is 0 Å². The van der Waals surface area contributed by atoms with E-state index in [0.29, 0.717) is 10.6 Å². The van der Waals surface area contributed by atoms with Crippen molar-refractivity contribution in [3.63, 3.8) is 0 Å². The molecular weight excluding hydrogens is 252 g/mol. The number of halogens is 1. The molecule has 0 amide bonds. The molecule has 0 saturated carbocycles. The Labute approximate surface area is 89.7 Å². The summed E-state index contributed by atoms with van der Waals surface area (Å²) < 4.78 is 6.82. The van der Waals surface area contributed by atoms with Gasteiger partial charge in [-0.25, -0.2) is 4.98 Å². The zero-order chi connectivity index (χ0) is 9.26. The zero-order valence-electron chi connectivity index (χ0n) is 6.92. The Hall–Kier alpha value is -0.260. The maximum Gasteiger partial charge on any atom is 0.120 e. The van der Waals surface area contributed by atoms with Gasteiger partial charge < -0.3 is 9.72 Å². The van der Waals surface area contributed by atoms with Crippen LogP contribution >= 0.6 is 28.1 Å². The standard InChI is InChI=1S/C8H9BrN2OS/c9-6-3-10-7(11-8(6)13)5-1-2-12-4-5/h3,5H,1-2,4H2,(H,10,11,13). The van der Waals surface area contributed by atoms with Gasteiger partial charge in [0.1, 0.15) is 10.5 Å². The van der Waals surface area contributed by atoms with Crippen molar-refractivity contribution in [3.8, 4) is 0 Å². The maximum atomic E-state index is 5.28. The smallest absolute Gasteiger partial charge is 0.120 e. The predicted octanol–water partition coefficient (Wildman–Crippen LogP) is 2.41. The fraction of sp³-hybridized carbons (Fsp3) is 0.500. The molecule has 2 heterocycles. The molecule has 0 radical (unpaired) electrons. The van der Waals surface area contributed by atoms with Crippen LogP contribution in [0.5, 0.6) is 0 Å². The first-order valence-electron chi connectivity index (χ1n) is 4.10. The minimum Gasteiger partial charge on any atom is -0.381 e. The van der Waals surface area contributed by atoms with Crippen LogP contribution in [0, 0.1) is 4.64 Å². The topological polar surface area (TPSA) is 37.9 Å². The van der Waals surface area contributed by atoms with Crippen molar-refractivity contribution in [2.75, 3.05) is 13.2 Å². The number of aromatic nitrogens is 2. The Bertz CT molecular complexity index is 359. The monoisotopic (exact) mass is 260 g/mol. The minimum absolute atomic E-state index is 0.384. The number of hydrogen-bond donors (Lipinski definition) is 1. The zero-order valence-corrected chi connectivity index (χ0v) is 9.32. The Morgan fingerprint density at radius 2 is 2.54 bits per heavy atom. The van der Waals surface area contributed by atoms with E-state index in [1.807, 2.05) is 0 Å². The molecule has 13 heavy (non-hydrogen) atoms. The van der Waals surface area contributed by atoms with E-state index in [4.69, 9.17) is 17.0 Å². The molecule has 0 bridgehead atoms. The number of nitrogens with zero attached hydrogens (tertiary/aromatic N) is 1. The van der Waals surface area contributed by atoms with Gasteiger partial charge >= 0.3 is 0 Å². The molecule has 0 spiro atoms. The van der Waals surface area contributed by atoms with Crippen LogP contribution in [-0.2, 0) is 4.74 Å². The Morgan fingerprint density at radius 3 is 3.15 bits per heavy atom. The molecular formula is C8H9BrN2OS. The Balaban J connectivity index is 2.30.